The molecule has 0 spiro atoms. The first-order valence-electron chi connectivity index (χ1n) is 5.29. The van der Waals surface area contributed by atoms with Gasteiger partial charge < -0.3 is 5.32 Å². The van der Waals surface area contributed by atoms with Crippen molar-refractivity contribution in [3.8, 4) is 0 Å². The minimum atomic E-state index is -0.956. The average molecular weight is 425 g/mol. The number of carbonyl (C=O) groups excluding carboxylic acids is 1. The van der Waals surface area contributed by atoms with Crippen LogP contribution in [0.3, 0.4) is 0 Å². The van der Waals surface area contributed by atoms with E-state index in [-0.39, 0.29) is 15.2 Å². The summed E-state index contributed by atoms with van der Waals surface area (Å²) >= 11 is 12.1. The van der Waals surface area contributed by atoms with E-state index >= 15 is 0 Å². The van der Waals surface area contributed by atoms with Crippen LogP contribution in [0, 0.1) is 11.6 Å². The number of anilines is 1. The number of halogens is 5. The summed E-state index contributed by atoms with van der Waals surface area (Å²) in [6.45, 7) is 0. The van der Waals surface area contributed by atoms with Gasteiger partial charge >= 0.3 is 0 Å². The van der Waals surface area contributed by atoms with Crippen LogP contribution in [0.5, 0.6) is 0 Å². The van der Waals surface area contributed by atoms with Crippen molar-refractivity contribution in [3.63, 3.8) is 0 Å². The highest BCUT2D eigenvalue weighted by Gasteiger charge is 2.19. The molecule has 0 aliphatic carbocycles. The van der Waals surface area contributed by atoms with Crippen molar-refractivity contribution >= 4 is 55.1 Å². The predicted octanol–water partition coefficient (Wildman–Crippen LogP) is 5.40. The van der Waals surface area contributed by atoms with Crippen LogP contribution >= 0.6 is 43.5 Å². The van der Waals surface area contributed by atoms with Crippen molar-refractivity contribution < 1.29 is 13.6 Å². The van der Waals surface area contributed by atoms with Gasteiger partial charge in [0.25, 0.3) is 5.91 Å². The van der Waals surface area contributed by atoms with Crippen LogP contribution in [0.2, 0.25) is 5.02 Å². The molecule has 0 radical (unpaired) electrons. The van der Waals surface area contributed by atoms with Gasteiger partial charge in [0.15, 0.2) is 0 Å². The highest BCUT2D eigenvalue weighted by molar-refractivity contribution is 9.10. The SMILES string of the molecule is O=C(Nc1ccc(Br)cc1Cl)c1c(F)cc(Br)cc1F. The lowest BCUT2D eigenvalue weighted by molar-refractivity contribution is 0.101. The van der Waals surface area contributed by atoms with E-state index < -0.39 is 23.1 Å². The second kappa shape index (κ2) is 6.20. The smallest absolute Gasteiger partial charge is 0.261 e. The fraction of sp³-hybridized carbons (Fsp3) is 0. The molecule has 0 bridgehead atoms. The van der Waals surface area contributed by atoms with E-state index in [9.17, 15) is 13.6 Å². The Morgan fingerprint density at radius 3 is 2.20 bits per heavy atom. The lowest BCUT2D eigenvalue weighted by Crippen LogP contribution is -2.16. The summed E-state index contributed by atoms with van der Waals surface area (Å²) in [7, 11) is 0. The van der Waals surface area contributed by atoms with Gasteiger partial charge in [-0.3, -0.25) is 4.79 Å². The van der Waals surface area contributed by atoms with Crippen molar-refractivity contribution in [1.82, 2.24) is 0 Å². The van der Waals surface area contributed by atoms with E-state index in [1.54, 1.807) is 12.1 Å². The molecule has 2 rings (SSSR count). The molecule has 0 aliphatic rings. The third kappa shape index (κ3) is 3.37. The highest BCUT2D eigenvalue weighted by atomic mass is 79.9. The molecular weight excluding hydrogens is 419 g/mol. The fourth-order valence-electron chi connectivity index (χ4n) is 1.53. The van der Waals surface area contributed by atoms with Crippen molar-refractivity contribution in [2.75, 3.05) is 5.32 Å². The zero-order valence-electron chi connectivity index (χ0n) is 9.68. The average Bonchev–Trinajstić information content (AvgIpc) is 2.31. The third-order valence-electron chi connectivity index (χ3n) is 2.41. The van der Waals surface area contributed by atoms with Crippen LogP contribution in [0.4, 0.5) is 14.5 Å². The molecule has 2 aromatic rings. The molecule has 2 aromatic carbocycles. The van der Waals surface area contributed by atoms with Gasteiger partial charge in [-0.25, -0.2) is 8.78 Å². The predicted molar refractivity (Wildman–Crippen MR) is 81.2 cm³/mol. The van der Waals surface area contributed by atoms with Gasteiger partial charge in [-0.1, -0.05) is 43.5 Å². The quantitative estimate of drug-likeness (QED) is 0.686. The van der Waals surface area contributed by atoms with Gasteiger partial charge in [-0.15, -0.1) is 0 Å². The molecular formula is C13H6Br2ClF2NO. The Kier molecular flexibility index (Phi) is 4.78. The number of hydrogen-bond donors (Lipinski definition) is 1. The van der Waals surface area contributed by atoms with E-state index in [4.69, 9.17) is 11.6 Å². The Hall–Kier alpha value is -0.980. The van der Waals surface area contributed by atoms with Crippen LogP contribution in [0.25, 0.3) is 0 Å². The highest BCUT2D eigenvalue weighted by Crippen LogP contribution is 2.27. The molecule has 1 amide bonds. The Balaban J connectivity index is 2.33. The van der Waals surface area contributed by atoms with E-state index in [1.807, 2.05) is 0 Å². The molecule has 7 heteroatoms. The topological polar surface area (TPSA) is 29.1 Å². The first-order chi connectivity index (χ1) is 9.38. The van der Waals surface area contributed by atoms with Gasteiger partial charge in [0, 0.05) is 8.95 Å². The second-order valence-electron chi connectivity index (χ2n) is 3.82. The first kappa shape index (κ1) is 15.4. The zero-order chi connectivity index (χ0) is 14.9. The van der Waals surface area contributed by atoms with Crippen molar-refractivity contribution in [1.29, 1.82) is 0 Å². The van der Waals surface area contributed by atoms with Gasteiger partial charge in [0.05, 0.1) is 10.7 Å². The summed E-state index contributed by atoms with van der Waals surface area (Å²) < 4.78 is 28.3. The van der Waals surface area contributed by atoms with Crippen LogP contribution in [-0.2, 0) is 0 Å². The number of rotatable bonds is 2. The van der Waals surface area contributed by atoms with Gasteiger partial charge in [0.1, 0.15) is 17.2 Å². The minimum Gasteiger partial charge on any atom is -0.320 e. The molecule has 0 saturated heterocycles. The van der Waals surface area contributed by atoms with Crippen LogP contribution < -0.4 is 5.32 Å². The summed E-state index contributed by atoms with van der Waals surface area (Å²) in [4.78, 5) is 11.9. The summed E-state index contributed by atoms with van der Waals surface area (Å²) in [5, 5.41) is 2.62. The number of benzene rings is 2. The third-order valence-corrected chi connectivity index (χ3v) is 3.68. The minimum absolute atomic E-state index is 0.214. The molecule has 0 fully saturated rings. The molecule has 20 heavy (non-hydrogen) atoms. The Morgan fingerprint density at radius 1 is 1.05 bits per heavy atom. The second-order valence-corrected chi connectivity index (χ2v) is 6.06. The van der Waals surface area contributed by atoms with E-state index in [0.29, 0.717) is 0 Å². The van der Waals surface area contributed by atoms with Gasteiger partial charge in [-0.05, 0) is 30.3 Å². The van der Waals surface area contributed by atoms with Crippen LogP contribution in [0.1, 0.15) is 10.4 Å². The summed E-state index contributed by atoms with van der Waals surface area (Å²) in [5.41, 5.74) is -0.395. The van der Waals surface area contributed by atoms with E-state index in [1.165, 1.54) is 6.07 Å². The van der Waals surface area contributed by atoms with E-state index in [2.05, 4.69) is 37.2 Å². The molecule has 0 heterocycles. The van der Waals surface area contributed by atoms with E-state index in [0.717, 1.165) is 16.6 Å². The molecule has 2 nitrogen and oxygen atoms in total. The largest absolute Gasteiger partial charge is 0.320 e. The number of amides is 1. The van der Waals surface area contributed by atoms with Crippen molar-refractivity contribution in [2.45, 2.75) is 0 Å². The molecule has 0 atom stereocenters. The normalized spacial score (nSPS) is 10.4. The Morgan fingerprint density at radius 2 is 1.65 bits per heavy atom. The van der Waals surface area contributed by atoms with Gasteiger partial charge in [0.2, 0.25) is 0 Å². The fourth-order valence-corrected chi connectivity index (χ4v) is 2.66. The maximum Gasteiger partial charge on any atom is 0.261 e. The maximum absolute atomic E-state index is 13.7. The molecule has 0 unspecified atom stereocenters. The molecule has 0 aromatic heterocycles. The number of hydrogen-bond acceptors (Lipinski definition) is 1. The first-order valence-corrected chi connectivity index (χ1v) is 7.26. The molecule has 0 saturated carbocycles. The Labute approximate surface area is 135 Å². The zero-order valence-corrected chi connectivity index (χ0v) is 13.6. The summed E-state index contributed by atoms with van der Waals surface area (Å²) in [6, 6.07) is 6.77. The number of carbonyl (C=O) groups is 1. The van der Waals surface area contributed by atoms with Crippen LogP contribution in [-0.4, -0.2) is 5.91 Å². The summed E-state index contributed by atoms with van der Waals surface area (Å²) in [6.07, 6.45) is 0. The molecule has 0 aliphatic heterocycles. The molecule has 1 N–H and O–H groups in total. The van der Waals surface area contributed by atoms with Crippen molar-refractivity contribution in [2.24, 2.45) is 0 Å². The van der Waals surface area contributed by atoms with Crippen molar-refractivity contribution in [3.05, 3.63) is 61.5 Å². The lowest BCUT2D eigenvalue weighted by atomic mass is 10.2. The molecule has 104 valence electrons. The Bertz CT molecular complexity index is 671. The maximum atomic E-state index is 13.7. The summed E-state index contributed by atoms with van der Waals surface area (Å²) in [5.74, 6) is -2.82. The monoisotopic (exact) mass is 423 g/mol. The van der Waals surface area contributed by atoms with Crippen LogP contribution in [0.15, 0.2) is 39.3 Å². The lowest BCUT2D eigenvalue weighted by Gasteiger charge is -2.09. The van der Waals surface area contributed by atoms with Gasteiger partial charge in [-0.2, -0.15) is 0 Å². The standard InChI is InChI=1S/C13H6Br2ClF2NO/c14-6-1-2-11(8(16)3-6)19-13(20)12-9(17)4-7(15)5-10(12)18/h1-5H,(H,19,20). The number of nitrogens with one attached hydrogen (secondary N) is 1.